The molecular formula is C35H25Cl3Ti. The van der Waals surface area contributed by atoms with Crippen LogP contribution >= 0.6 is 0 Å². The summed E-state index contributed by atoms with van der Waals surface area (Å²) in [6.07, 6.45) is 4.09. The monoisotopic (exact) mass is 598 g/mol. The zero-order chi connectivity index (χ0) is 23.5. The summed E-state index contributed by atoms with van der Waals surface area (Å²) >= 11 is 0. The van der Waals surface area contributed by atoms with Crippen molar-refractivity contribution in [1.82, 2.24) is 0 Å². The number of benzene rings is 5. The fourth-order valence-electron chi connectivity index (χ4n) is 5.28. The quantitative estimate of drug-likeness (QED) is 0.189. The van der Waals surface area contributed by atoms with Gasteiger partial charge in [-0.3, -0.25) is 0 Å². The van der Waals surface area contributed by atoms with Gasteiger partial charge in [0.25, 0.3) is 0 Å². The fourth-order valence-corrected chi connectivity index (χ4v) is 5.28. The molecule has 0 aliphatic heterocycles. The standard InChI is InChI=1S/C35H25.3ClH.Ti/c1-6-16-27(17-7-1)32-26-35(30-22-12-4-13-23-30,31-24-14-5-15-25-31)34(29-20-10-3-11-21-29)33(32)28-18-8-2-9-19-28;;;;/h1-25H;3*1H;/q-1;;;;+4/p-3. The van der Waals surface area contributed by atoms with E-state index >= 15 is 0 Å². The minimum atomic E-state index is -0.555. The first-order chi connectivity index (χ1) is 17.4. The zero-order valence-electron chi connectivity index (χ0n) is 21.1. The van der Waals surface area contributed by atoms with E-state index in [9.17, 15) is 0 Å². The maximum absolute atomic E-state index is 4.09. The van der Waals surface area contributed by atoms with Crippen LogP contribution in [0, 0.1) is 6.08 Å². The minimum absolute atomic E-state index is 0. The van der Waals surface area contributed by atoms with Crippen LogP contribution in [0.25, 0.3) is 16.7 Å². The van der Waals surface area contributed by atoms with E-state index in [0.717, 1.165) is 5.57 Å². The largest absolute Gasteiger partial charge is 4.00 e. The first-order valence-corrected chi connectivity index (χ1v) is 12.1. The van der Waals surface area contributed by atoms with Crippen LogP contribution in [0.4, 0.5) is 0 Å². The fraction of sp³-hybridized carbons (Fsp3) is 0.0286. The van der Waals surface area contributed by atoms with Crippen molar-refractivity contribution >= 4 is 16.7 Å². The second-order valence-corrected chi connectivity index (χ2v) is 8.83. The van der Waals surface area contributed by atoms with Crippen molar-refractivity contribution in [3.63, 3.8) is 0 Å². The van der Waals surface area contributed by atoms with Crippen molar-refractivity contribution in [1.29, 1.82) is 0 Å². The Balaban J connectivity index is 0.00000133. The molecule has 39 heavy (non-hydrogen) atoms. The number of halogens is 3. The van der Waals surface area contributed by atoms with Gasteiger partial charge in [0, 0.05) is 5.41 Å². The van der Waals surface area contributed by atoms with E-state index in [-0.39, 0.29) is 58.9 Å². The normalized spacial score (nSPS) is 13.1. The van der Waals surface area contributed by atoms with Gasteiger partial charge in [-0.15, -0.1) is 23.3 Å². The van der Waals surface area contributed by atoms with E-state index in [1.54, 1.807) is 0 Å². The van der Waals surface area contributed by atoms with Gasteiger partial charge in [0.2, 0.25) is 0 Å². The second-order valence-electron chi connectivity index (χ2n) is 8.83. The minimum Gasteiger partial charge on any atom is -1.00 e. The van der Waals surface area contributed by atoms with Crippen molar-refractivity contribution < 1.29 is 58.9 Å². The Hall–Kier alpha value is -2.84. The second kappa shape index (κ2) is 14.5. The summed E-state index contributed by atoms with van der Waals surface area (Å²) in [5, 5.41) is 0. The third-order valence-corrected chi connectivity index (χ3v) is 6.79. The summed E-state index contributed by atoms with van der Waals surface area (Å²) in [7, 11) is 0. The first-order valence-electron chi connectivity index (χ1n) is 12.1. The van der Waals surface area contributed by atoms with E-state index in [4.69, 9.17) is 0 Å². The molecule has 0 bridgehead atoms. The van der Waals surface area contributed by atoms with Crippen LogP contribution < -0.4 is 37.2 Å². The Morgan fingerprint density at radius 2 is 0.718 bits per heavy atom. The molecule has 0 fully saturated rings. The van der Waals surface area contributed by atoms with E-state index < -0.39 is 5.41 Å². The molecule has 1 aliphatic carbocycles. The molecule has 5 aromatic rings. The molecule has 0 saturated carbocycles. The summed E-state index contributed by atoms with van der Waals surface area (Å²) in [6, 6.07) is 53.9. The van der Waals surface area contributed by atoms with E-state index in [0.29, 0.717) is 0 Å². The van der Waals surface area contributed by atoms with E-state index in [2.05, 4.69) is 158 Å². The van der Waals surface area contributed by atoms with Crippen LogP contribution in [0.15, 0.2) is 152 Å². The molecule has 0 heterocycles. The van der Waals surface area contributed by atoms with Gasteiger partial charge in [0.05, 0.1) is 0 Å². The van der Waals surface area contributed by atoms with Crippen LogP contribution in [-0.4, -0.2) is 0 Å². The first kappa shape index (κ1) is 32.4. The van der Waals surface area contributed by atoms with Gasteiger partial charge < -0.3 is 37.2 Å². The Morgan fingerprint density at radius 1 is 0.385 bits per heavy atom. The Labute approximate surface area is 265 Å². The molecule has 0 amide bonds. The molecule has 0 nitrogen and oxygen atoms in total. The zero-order valence-corrected chi connectivity index (χ0v) is 24.9. The van der Waals surface area contributed by atoms with Crippen molar-refractivity contribution in [2.24, 2.45) is 0 Å². The van der Waals surface area contributed by atoms with Crippen molar-refractivity contribution in [2.75, 3.05) is 0 Å². The summed E-state index contributed by atoms with van der Waals surface area (Å²) in [5.41, 5.74) is 9.09. The average molecular weight is 600 g/mol. The average Bonchev–Trinajstić information content (AvgIpc) is 3.33. The molecule has 0 unspecified atom stereocenters. The van der Waals surface area contributed by atoms with Crippen molar-refractivity contribution in [3.8, 4) is 0 Å². The van der Waals surface area contributed by atoms with Gasteiger partial charge in [-0.05, 0) is 16.7 Å². The molecule has 190 valence electrons. The van der Waals surface area contributed by atoms with Crippen LogP contribution in [0.5, 0.6) is 0 Å². The van der Waals surface area contributed by atoms with Gasteiger partial charge in [-0.25, -0.2) is 0 Å². The van der Waals surface area contributed by atoms with Gasteiger partial charge in [0.1, 0.15) is 0 Å². The molecule has 0 saturated heterocycles. The molecule has 6 rings (SSSR count). The van der Waals surface area contributed by atoms with Gasteiger partial charge >= 0.3 is 21.7 Å². The van der Waals surface area contributed by atoms with Crippen LogP contribution in [-0.2, 0) is 27.1 Å². The predicted molar refractivity (Wildman–Crippen MR) is 146 cm³/mol. The van der Waals surface area contributed by atoms with Crippen LogP contribution in [0.2, 0.25) is 0 Å². The molecule has 5 aromatic carbocycles. The smallest absolute Gasteiger partial charge is 1.00 e. The molecule has 0 aromatic heterocycles. The Kier molecular flexibility index (Phi) is 12.1. The van der Waals surface area contributed by atoms with Crippen LogP contribution in [0.3, 0.4) is 0 Å². The van der Waals surface area contributed by atoms with Crippen molar-refractivity contribution in [2.45, 2.75) is 5.41 Å². The van der Waals surface area contributed by atoms with Gasteiger partial charge in [0.15, 0.2) is 0 Å². The number of allylic oxidation sites excluding steroid dienone is 4. The predicted octanol–water partition coefficient (Wildman–Crippen LogP) is -0.506. The third-order valence-electron chi connectivity index (χ3n) is 6.79. The number of rotatable bonds is 5. The molecule has 1 aliphatic rings. The SMILES string of the molecule is [C-]1=C(c2ccccc2)C(c2ccccc2)=C(c2ccccc2)C1(c1ccccc1)c1ccccc1.[Cl-].[Cl-].[Cl-].[Ti+4]. The summed E-state index contributed by atoms with van der Waals surface area (Å²) in [4.78, 5) is 0. The summed E-state index contributed by atoms with van der Waals surface area (Å²) in [6.45, 7) is 0. The van der Waals surface area contributed by atoms with Crippen LogP contribution in [0.1, 0.15) is 27.8 Å². The van der Waals surface area contributed by atoms with E-state index in [1.165, 1.54) is 39.0 Å². The maximum Gasteiger partial charge on any atom is 4.00 e. The van der Waals surface area contributed by atoms with Crippen molar-refractivity contribution in [3.05, 3.63) is 186 Å². The van der Waals surface area contributed by atoms with Gasteiger partial charge in [-0.1, -0.05) is 151 Å². The topological polar surface area (TPSA) is 0 Å². The summed E-state index contributed by atoms with van der Waals surface area (Å²) < 4.78 is 0. The molecule has 0 spiro atoms. The third kappa shape index (κ3) is 6.02. The Morgan fingerprint density at radius 3 is 1.13 bits per heavy atom. The summed E-state index contributed by atoms with van der Waals surface area (Å²) in [5.74, 6) is 0. The van der Waals surface area contributed by atoms with E-state index in [1.807, 2.05) is 0 Å². The molecule has 0 N–H and O–H groups in total. The molecule has 4 heteroatoms. The Bertz CT molecular complexity index is 1460. The number of hydrogen-bond donors (Lipinski definition) is 0. The maximum atomic E-state index is 4.09. The molecular weight excluding hydrogens is 575 g/mol. The molecule has 0 atom stereocenters. The molecule has 0 radical (unpaired) electrons. The number of hydrogen-bond acceptors (Lipinski definition) is 0. The van der Waals surface area contributed by atoms with Gasteiger partial charge in [-0.2, -0.15) is 11.6 Å².